The summed E-state index contributed by atoms with van der Waals surface area (Å²) in [4.78, 5) is 16.5. The number of sulfone groups is 1. The van der Waals surface area contributed by atoms with E-state index >= 15 is 0 Å². The third kappa shape index (κ3) is 5.00. The van der Waals surface area contributed by atoms with E-state index in [0.717, 1.165) is 31.9 Å². The van der Waals surface area contributed by atoms with Crippen LogP contribution in [0.3, 0.4) is 0 Å². The van der Waals surface area contributed by atoms with Crippen LogP contribution in [0.2, 0.25) is 5.02 Å². The Bertz CT molecular complexity index is 736. The maximum Gasteiger partial charge on any atom is 0.234 e. The van der Waals surface area contributed by atoms with Crippen LogP contribution in [-0.4, -0.2) is 74.9 Å². The monoisotopic (exact) mass is 405 g/mol. The molecule has 0 unspecified atom stereocenters. The number of carbonyl (C=O) groups excluding carboxylic acids is 1. The number of piperazine rings is 1. The van der Waals surface area contributed by atoms with E-state index in [-0.39, 0.29) is 24.0 Å². The molecule has 2 atom stereocenters. The zero-order valence-electron chi connectivity index (χ0n) is 13.7. The number of nitrogens with one attached hydrogen (secondary N) is 1. The Morgan fingerprint density at radius 2 is 1.92 bits per heavy atom. The molecule has 3 rings (SSSR count). The number of carbonyl (C=O) groups is 1. The molecule has 1 N–H and O–H groups in total. The maximum atomic E-state index is 12.2. The van der Waals surface area contributed by atoms with Gasteiger partial charge < -0.3 is 10.2 Å². The summed E-state index contributed by atoms with van der Waals surface area (Å²) >= 11 is 12.1. The van der Waals surface area contributed by atoms with Gasteiger partial charge in [-0.1, -0.05) is 17.7 Å². The molecule has 9 heteroatoms. The van der Waals surface area contributed by atoms with Crippen molar-refractivity contribution in [3.8, 4) is 0 Å². The highest BCUT2D eigenvalue weighted by atomic mass is 35.5. The van der Waals surface area contributed by atoms with Crippen molar-refractivity contribution in [3.63, 3.8) is 0 Å². The molecular weight excluding hydrogens is 385 g/mol. The number of alkyl halides is 1. The third-order valence-corrected chi connectivity index (χ3v) is 7.15. The first kappa shape index (κ1) is 18.8. The van der Waals surface area contributed by atoms with Gasteiger partial charge >= 0.3 is 0 Å². The van der Waals surface area contributed by atoms with Gasteiger partial charge in [0.2, 0.25) is 5.91 Å². The Kier molecular flexibility index (Phi) is 5.78. The van der Waals surface area contributed by atoms with Crippen molar-refractivity contribution in [1.82, 2.24) is 10.2 Å². The van der Waals surface area contributed by atoms with E-state index in [9.17, 15) is 13.2 Å². The van der Waals surface area contributed by atoms with E-state index < -0.39 is 21.3 Å². The Morgan fingerprint density at radius 3 is 2.52 bits per heavy atom. The second-order valence-corrected chi connectivity index (χ2v) is 9.66. The molecule has 0 radical (unpaired) electrons. The zero-order chi connectivity index (χ0) is 18.0. The summed E-state index contributed by atoms with van der Waals surface area (Å²) in [6, 6.07) is 7.24. The second kappa shape index (κ2) is 7.70. The molecule has 2 fully saturated rings. The minimum absolute atomic E-state index is 0.0716. The summed E-state index contributed by atoms with van der Waals surface area (Å²) < 4.78 is 23.1. The number of halogens is 2. The predicted molar refractivity (Wildman–Crippen MR) is 100 cm³/mol. The fourth-order valence-electron chi connectivity index (χ4n) is 3.23. The van der Waals surface area contributed by atoms with Crippen LogP contribution in [-0.2, 0) is 14.6 Å². The molecule has 25 heavy (non-hydrogen) atoms. The van der Waals surface area contributed by atoms with Gasteiger partial charge in [0.05, 0.1) is 29.5 Å². The molecule has 2 heterocycles. The molecule has 2 saturated heterocycles. The minimum atomic E-state index is -3.14. The van der Waals surface area contributed by atoms with E-state index in [4.69, 9.17) is 23.2 Å². The van der Waals surface area contributed by atoms with Crippen molar-refractivity contribution < 1.29 is 13.2 Å². The molecule has 1 aromatic carbocycles. The summed E-state index contributed by atoms with van der Waals surface area (Å²) in [7, 11) is -3.14. The number of nitrogens with zero attached hydrogens (tertiary/aromatic N) is 2. The number of benzene rings is 1. The number of amides is 1. The molecule has 0 aromatic heterocycles. The smallest absolute Gasteiger partial charge is 0.234 e. The fourth-order valence-corrected chi connectivity index (χ4v) is 5.96. The summed E-state index contributed by atoms with van der Waals surface area (Å²) in [5.74, 6) is -0.322. The molecule has 6 nitrogen and oxygen atoms in total. The Balaban J connectivity index is 1.47. The Hall–Kier alpha value is -1.02. The molecule has 1 amide bonds. The quantitative estimate of drug-likeness (QED) is 0.756. The van der Waals surface area contributed by atoms with E-state index in [2.05, 4.69) is 15.1 Å². The molecule has 0 aliphatic carbocycles. The number of rotatable bonds is 4. The molecule has 1 aromatic rings. The second-order valence-electron chi connectivity index (χ2n) is 6.51. The highest BCUT2D eigenvalue weighted by Gasteiger charge is 2.37. The van der Waals surface area contributed by atoms with Gasteiger partial charge in [-0.2, -0.15) is 0 Å². The summed E-state index contributed by atoms with van der Waals surface area (Å²) in [6.07, 6.45) is 0. The topological polar surface area (TPSA) is 69.7 Å². The normalized spacial score (nSPS) is 26.6. The van der Waals surface area contributed by atoms with Gasteiger partial charge in [-0.3, -0.25) is 9.69 Å². The van der Waals surface area contributed by atoms with Crippen molar-refractivity contribution in [2.45, 2.75) is 11.4 Å². The Labute approximate surface area is 158 Å². The molecule has 2 aliphatic heterocycles. The van der Waals surface area contributed by atoms with Gasteiger partial charge in [-0.15, -0.1) is 11.6 Å². The van der Waals surface area contributed by atoms with Gasteiger partial charge in [0.25, 0.3) is 0 Å². The van der Waals surface area contributed by atoms with Crippen molar-refractivity contribution in [1.29, 1.82) is 0 Å². The van der Waals surface area contributed by atoms with Crippen LogP contribution < -0.4 is 10.2 Å². The van der Waals surface area contributed by atoms with Gasteiger partial charge in [0, 0.05) is 36.9 Å². The predicted octanol–water partition coefficient (Wildman–Crippen LogP) is 0.983. The molecule has 0 saturated carbocycles. The lowest BCUT2D eigenvalue weighted by atomic mass is 10.2. The summed E-state index contributed by atoms with van der Waals surface area (Å²) in [5, 5.41) is 2.92. The van der Waals surface area contributed by atoms with E-state index in [1.54, 1.807) is 0 Å². The van der Waals surface area contributed by atoms with Gasteiger partial charge in [-0.05, 0) is 18.2 Å². The average molecular weight is 406 g/mol. The minimum Gasteiger partial charge on any atom is -0.369 e. The molecule has 138 valence electrons. The van der Waals surface area contributed by atoms with Crippen molar-refractivity contribution >= 4 is 44.6 Å². The van der Waals surface area contributed by atoms with E-state index in [0.29, 0.717) is 5.02 Å². The highest BCUT2D eigenvalue weighted by molar-refractivity contribution is 7.91. The van der Waals surface area contributed by atoms with Crippen LogP contribution in [0.15, 0.2) is 24.3 Å². The highest BCUT2D eigenvalue weighted by Crippen LogP contribution is 2.21. The zero-order valence-corrected chi connectivity index (χ0v) is 16.0. The summed E-state index contributed by atoms with van der Waals surface area (Å²) in [5.41, 5.74) is 1.08. The van der Waals surface area contributed by atoms with Gasteiger partial charge in [-0.25, -0.2) is 8.42 Å². The lowest BCUT2D eigenvalue weighted by molar-refractivity contribution is -0.122. The first-order chi connectivity index (χ1) is 11.8. The van der Waals surface area contributed by atoms with Crippen LogP contribution in [0, 0.1) is 0 Å². The maximum absolute atomic E-state index is 12.2. The van der Waals surface area contributed by atoms with Crippen LogP contribution >= 0.6 is 23.2 Å². The largest absolute Gasteiger partial charge is 0.369 e. The van der Waals surface area contributed by atoms with Crippen LogP contribution in [0.25, 0.3) is 0 Å². The lowest BCUT2D eigenvalue weighted by Crippen LogP contribution is -2.51. The van der Waals surface area contributed by atoms with Crippen molar-refractivity contribution in [3.05, 3.63) is 29.3 Å². The van der Waals surface area contributed by atoms with Crippen molar-refractivity contribution in [2.24, 2.45) is 0 Å². The molecule has 0 spiro atoms. The standard InChI is InChI=1S/C16H21Cl2N3O3S/c17-12-2-1-3-13(8-12)21-6-4-20(5-7-21)9-16(22)19-15-11-25(23,24)10-14(15)18/h1-3,8,14-15H,4-7,9-11H2,(H,19,22)/t14-,15+/m0/s1. The fraction of sp³-hybridized carbons (Fsp3) is 0.562. The van der Waals surface area contributed by atoms with Crippen LogP contribution in [0.5, 0.6) is 0 Å². The van der Waals surface area contributed by atoms with E-state index in [1.165, 1.54) is 0 Å². The molecule has 2 aliphatic rings. The van der Waals surface area contributed by atoms with Gasteiger partial charge in [0.15, 0.2) is 9.84 Å². The van der Waals surface area contributed by atoms with Gasteiger partial charge in [0.1, 0.15) is 0 Å². The molecule has 0 bridgehead atoms. The van der Waals surface area contributed by atoms with E-state index in [1.807, 2.05) is 24.3 Å². The number of hydrogen-bond acceptors (Lipinski definition) is 5. The third-order valence-electron chi connectivity index (χ3n) is 4.54. The van der Waals surface area contributed by atoms with Crippen molar-refractivity contribution in [2.75, 3.05) is 49.1 Å². The first-order valence-corrected chi connectivity index (χ1v) is 10.8. The Morgan fingerprint density at radius 1 is 1.20 bits per heavy atom. The SMILES string of the molecule is O=C(CN1CCN(c2cccc(Cl)c2)CC1)N[C@@H]1CS(=O)(=O)C[C@@H]1Cl. The molecular formula is C16H21Cl2N3O3S. The lowest BCUT2D eigenvalue weighted by Gasteiger charge is -2.36. The average Bonchev–Trinajstić information content (AvgIpc) is 2.80. The number of anilines is 1. The van der Waals surface area contributed by atoms with Crippen LogP contribution in [0.4, 0.5) is 5.69 Å². The number of hydrogen-bond donors (Lipinski definition) is 1. The van der Waals surface area contributed by atoms with Crippen LogP contribution in [0.1, 0.15) is 0 Å². The summed E-state index contributed by atoms with van der Waals surface area (Å²) in [6.45, 7) is 3.39. The first-order valence-electron chi connectivity index (χ1n) is 8.19.